The summed E-state index contributed by atoms with van der Waals surface area (Å²) in [7, 11) is 0. The average Bonchev–Trinajstić information content (AvgIpc) is 2.85. The van der Waals surface area contributed by atoms with Gasteiger partial charge in [-0.05, 0) is 26.0 Å². The molecule has 3 nitrogen and oxygen atoms in total. The molecule has 1 heterocycles. The Kier molecular flexibility index (Phi) is 4.72. The molecule has 0 saturated carbocycles. The van der Waals surface area contributed by atoms with Gasteiger partial charge in [-0.15, -0.1) is 0 Å². The van der Waals surface area contributed by atoms with E-state index in [0.29, 0.717) is 0 Å². The van der Waals surface area contributed by atoms with Gasteiger partial charge in [0.25, 0.3) is 0 Å². The third-order valence-electron chi connectivity index (χ3n) is 2.52. The fourth-order valence-electron chi connectivity index (χ4n) is 1.47. The molecule has 0 fully saturated rings. The second kappa shape index (κ2) is 6.29. The van der Waals surface area contributed by atoms with E-state index in [-0.39, 0.29) is 11.2 Å². The van der Waals surface area contributed by atoms with E-state index in [1.165, 1.54) is 17.3 Å². The van der Waals surface area contributed by atoms with Crippen molar-refractivity contribution >= 4 is 39.5 Å². The number of thioether (sulfide) groups is 2. The fourth-order valence-corrected chi connectivity index (χ4v) is 3.60. The van der Waals surface area contributed by atoms with Crippen LogP contribution in [0.25, 0.3) is 0 Å². The minimum atomic E-state index is -0.115. The summed E-state index contributed by atoms with van der Waals surface area (Å²) in [6, 6.07) is 7.83. The van der Waals surface area contributed by atoms with Crippen LogP contribution in [0.15, 0.2) is 29.3 Å². The van der Waals surface area contributed by atoms with Crippen LogP contribution in [0.4, 0.5) is 5.69 Å². The molecule has 0 aromatic heterocycles. The molecule has 1 atom stereocenters. The molecule has 0 radical (unpaired) electrons. The number of anilines is 1. The van der Waals surface area contributed by atoms with Crippen LogP contribution in [-0.2, 0) is 4.79 Å². The summed E-state index contributed by atoms with van der Waals surface area (Å²) in [5, 5.41) is 2.80. The number of hydrogen-bond acceptors (Lipinski definition) is 4. The van der Waals surface area contributed by atoms with E-state index in [9.17, 15) is 4.79 Å². The molecule has 2 rings (SSSR count). The molecule has 0 unspecified atom stereocenters. The molecular weight excluding hydrogens is 264 g/mol. The Morgan fingerprint density at radius 2 is 2.17 bits per heavy atom. The van der Waals surface area contributed by atoms with Gasteiger partial charge in [0.05, 0.1) is 11.8 Å². The van der Waals surface area contributed by atoms with Gasteiger partial charge in [-0.1, -0.05) is 41.2 Å². The number of carbonyl (C=O) groups is 1. The smallest absolute Gasteiger partial charge is 0.237 e. The molecular formula is C13H16N2OS2. The third-order valence-corrected chi connectivity index (χ3v) is 4.83. The van der Waals surface area contributed by atoms with Gasteiger partial charge in [0.1, 0.15) is 4.38 Å². The molecule has 1 aromatic rings. The molecule has 1 N–H and O–H groups in total. The minimum absolute atomic E-state index is 0.0269. The normalized spacial score (nSPS) is 16.2. The highest BCUT2D eigenvalue weighted by molar-refractivity contribution is 8.39. The van der Waals surface area contributed by atoms with Crippen molar-refractivity contribution in [1.29, 1.82) is 0 Å². The lowest BCUT2D eigenvalue weighted by molar-refractivity contribution is -0.115. The topological polar surface area (TPSA) is 41.5 Å². The predicted molar refractivity (Wildman–Crippen MR) is 81.6 cm³/mol. The van der Waals surface area contributed by atoms with Crippen molar-refractivity contribution in [3.05, 3.63) is 29.8 Å². The first-order valence-corrected chi connectivity index (χ1v) is 7.73. The highest BCUT2D eigenvalue weighted by Crippen LogP contribution is 2.26. The van der Waals surface area contributed by atoms with Gasteiger partial charge in [0, 0.05) is 11.4 Å². The van der Waals surface area contributed by atoms with Gasteiger partial charge in [-0.25, -0.2) is 0 Å². The molecule has 1 aromatic carbocycles. The highest BCUT2D eigenvalue weighted by atomic mass is 32.2. The van der Waals surface area contributed by atoms with Crippen molar-refractivity contribution in [3.63, 3.8) is 0 Å². The van der Waals surface area contributed by atoms with Crippen molar-refractivity contribution in [2.75, 3.05) is 17.6 Å². The number of nitrogens with one attached hydrogen (secondary N) is 1. The molecule has 1 aliphatic heterocycles. The standard InChI is InChI=1S/C13H16N2OS2/c1-9-3-5-11(6-4-9)15-12(16)10(2)18-13-14-7-8-17-13/h3-6,10H,7-8H2,1-2H3,(H,15,16)/t10-/m1/s1. The largest absolute Gasteiger partial charge is 0.325 e. The first kappa shape index (κ1) is 13.5. The van der Waals surface area contributed by atoms with Crippen LogP contribution in [0, 0.1) is 6.92 Å². The third kappa shape index (κ3) is 3.78. The van der Waals surface area contributed by atoms with Gasteiger partial charge in [0.15, 0.2) is 0 Å². The zero-order valence-electron chi connectivity index (χ0n) is 10.5. The van der Waals surface area contributed by atoms with Gasteiger partial charge in [-0.3, -0.25) is 9.79 Å². The van der Waals surface area contributed by atoms with Crippen LogP contribution in [0.5, 0.6) is 0 Å². The monoisotopic (exact) mass is 280 g/mol. The number of carbonyl (C=O) groups excluding carboxylic acids is 1. The quantitative estimate of drug-likeness (QED) is 0.924. The molecule has 1 amide bonds. The number of rotatable bonds is 3. The zero-order valence-corrected chi connectivity index (χ0v) is 12.1. The Balaban J connectivity index is 1.88. The lowest BCUT2D eigenvalue weighted by atomic mass is 10.2. The summed E-state index contributed by atoms with van der Waals surface area (Å²) < 4.78 is 1.03. The van der Waals surface area contributed by atoms with Gasteiger partial charge >= 0.3 is 0 Å². The number of hydrogen-bond donors (Lipinski definition) is 1. The summed E-state index contributed by atoms with van der Waals surface area (Å²) in [6.07, 6.45) is 0. The molecule has 0 saturated heterocycles. The molecule has 1 aliphatic rings. The summed E-state index contributed by atoms with van der Waals surface area (Å²) in [4.78, 5) is 16.3. The number of aryl methyl sites for hydroxylation is 1. The van der Waals surface area contributed by atoms with Crippen molar-refractivity contribution in [1.82, 2.24) is 0 Å². The molecule has 0 aliphatic carbocycles. The summed E-state index contributed by atoms with van der Waals surface area (Å²) in [5.74, 6) is 1.06. The number of amides is 1. The molecule has 0 bridgehead atoms. The van der Waals surface area contributed by atoms with Crippen LogP contribution >= 0.6 is 23.5 Å². The summed E-state index contributed by atoms with van der Waals surface area (Å²) >= 11 is 3.27. The van der Waals surface area contributed by atoms with Crippen molar-refractivity contribution in [3.8, 4) is 0 Å². The molecule has 96 valence electrons. The fraction of sp³-hybridized carbons (Fsp3) is 0.385. The van der Waals surface area contributed by atoms with Gasteiger partial charge < -0.3 is 5.32 Å². The Hall–Kier alpha value is -0.940. The van der Waals surface area contributed by atoms with E-state index in [2.05, 4.69) is 10.3 Å². The lowest BCUT2D eigenvalue weighted by Crippen LogP contribution is -2.23. The van der Waals surface area contributed by atoms with Crippen LogP contribution < -0.4 is 5.32 Å². The first-order chi connectivity index (χ1) is 8.65. The van der Waals surface area contributed by atoms with Crippen molar-refractivity contribution in [2.24, 2.45) is 4.99 Å². The molecule has 18 heavy (non-hydrogen) atoms. The number of aliphatic imine (C=N–C) groups is 1. The van der Waals surface area contributed by atoms with E-state index in [1.807, 2.05) is 38.1 Å². The van der Waals surface area contributed by atoms with Crippen molar-refractivity contribution < 1.29 is 4.79 Å². The summed E-state index contributed by atoms with van der Waals surface area (Å²) in [6.45, 7) is 4.81. The average molecular weight is 280 g/mol. The number of nitrogens with zero attached hydrogens (tertiary/aromatic N) is 1. The van der Waals surface area contributed by atoms with Crippen molar-refractivity contribution in [2.45, 2.75) is 19.1 Å². The maximum Gasteiger partial charge on any atom is 0.237 e. The van der Waals surface area contributed by atoms with Gasteiger partial charge in [0.2, 0.25) is 5.91 Å². The first-order valence-electron chi connectivity index (χ1n) is 5.86. The van der Waals surface area contributed by atoms with Gasteiger partial charge in [-0.2, -0.15) is 0 Å². The predicted octanol–water partition coefficient (Wildman–Crippen LogP) is 3.16. The van der Waals surface area contributed by atoms with Crippen LogP contribution in [0.1, 0.15) is 12.5 Å². The van der Waals surface area contributed by atoms with E-state index in [4.69, 9.17) is 0 Å². The molecule has 0 spiro atoms. The maximum atomic E-state index is 12.0. The number of benzene rings is 1. The SMILES string of the molecule is Cc1ccc(NC(=O)[C@@H](C)SC2=NCCS2)cc1. The van der Waals surface area contributed by atoms with E-state index < -0.39 is 0 Å². The van der Waals surface area contributed by atoms with E-state index in [1.54, 1.807) is 11.8 Å². The van der Waals surface area contributed by atoms with E-state index in [0.717, 1.165) is 22.4 Å². The highest BCUT2D eigenvalue weighted by Gasteiger charge is 2.18. The zero-order chi connectivity index (χ0) is 13.0. The second-order valence-corrected chi connectivity index (χ2v) is 6.78. The Labute approximate surface area is 116 Å². The maximum absolute atomic E-state index is 12.0. The second-order valence-electron chi connectivity index (χ2n) is 4.11. The van der Waals surface area contributed by atoms with Crippen LogP contribution in [0.3, 0.4) is 0 Å². The van der Waals surface area contributed by atoms with E-state index >= 15 is 0 Å². The lowest BCUT2D eigenvalue weighted by Gasteiger charge is -2.11. The molecule has 5 heteroatoms. The summed E-state index contributed by atoms with van der Waals surface area (Å²) in [5.41, 5.74) is 2.03. The Morgan fingerprint density at radius 3 is 2.78 bits per heavy atom. The van der Waals surface area contributed by atoms with Crippen LogP contribution in [-0.4, -0.2) is 27.8 Å². The van der Waals surface area contributed by atoms with Crippen LogP contribution in [0.2, 0.25) is 0 Å². The Bertz CT molecular complexity index is 457. The Morgan fingerprint density at radius 1 is 1.44 bits per heavy atom. The minimum Gasteiger partial charge on any atom is -0.325 e.